The van der Waals surface area contributed by atoms with Gasteiger partial charge in [0.05, 0.1) is 6.42 Å². The summed E-state index contributed by atoms with van der Waals surface area (Å²) in [5, 5.41) is 8.62. The molecule has 1 aliphatic carbocycles. The van der Waals surface area contributed by atoms with Crippen molar-refractivity contribution in [1.82, 2.24) is 4.98 Å². The van der Waals surface area contributed by atoms with Crippen molar-refractivity contribution in [3.63, 3.8) is 0 Å². The van der Waals surface area contributed by atoms with Gasteiger partial charge in [-0.15, -0.1) is 0 Å². The van der Waals surface area contributed by atoms with Gasteiger partial charge in [0.2, 0.25) is 0 Å². The number of carboxylic acid groups (broad SMARTS) is 1. The molecule has 1 unspecified atom stereocenters. The van der Waals surface area contributed by atoms with Crippen LogP contribution >= 0.6 is 11.3 Å². The van der Waals surface area contributed by atoms with Crippen LogP contribution in [0, 0.1) is 0 Å². The van der Waals surface area contributed by atoms with E-state index >= 15 is 0 Å². The van der Waals surface area contributed by atoms with Gasteiger partial charge in [-0.05, 0) is 12.8 Å². The maximum Gasteiger partial charge on any atom is 0.304 e. The number of hydrogen-bond donors (Lipinski definition) is 2. The van der Waals surface area contributed by atoms with Crippen LogP contribution in [0.1, 0.15) is 29.3 Å². The third kappa shape index (κ3) is 1.51. The smallest absolute Gasteiger partial charge is 0.304 e. The maximum absolute atomic E-state index is 11.0. The lowest BCUT2D eigenvalue weighted by molar-refractivity contribution is -0.137. The molecule has 2 rings (SSSR count). The van der Waals surface area contributed by atoms with Crippen LogP contribution in [0.3, 0.4) is 0 Å². The number of aromatic amines is 1. The Morgan fingerprint density at radius 1 is 1.69 bits per heavy atom. The zero-order valence-corrected chi connectivity index (χ0v) is 7.69. The largest absolute Gasteiger partial charge is 0.481 e. The Morgan fingerprint density at radius 2 is 2.46 bits per heavy atom. The van der Waals surface area contributed by atoms with Crippen LogP contribution < -0.4 is 4.87 Å². The average Bonchev–Trinajstić information content (AvgIpc) is 2.51. The summed E-state index contributed by atoms with van der Waals surface area (Å²) < 4.78 is 0. The predicted molar refractivity (Wildman–Crippen MR) is 48.3 cm³/mol. The number of hydrogen-bond acceptors (Lipinski definition) is 3. The van der Waals surface area contributed by atoms with Gasteiger partial charge in [0.25, 0.3) is 0 Å². The molecule has 1 atom stereocenters. The number of aryl methyl sites for hydroxylation is 1. The van der Waals surface area contributed by atoms with Gasteiger partial charge >= 0.3 is 10.8 Å². The minimum Gasteiger partial charge on any atom is -0.481 e. The highest BCUT2D eigenvalue weighted by molar-refractivity contribution is 7.09. The first-order valence-electron chi connectivity index (χ1n) is 4.10. The zero-order chi connectivity index (χ0) is 9.42. The number of H-pyrrole nitrogens is 1. The first-order chi connectivity index (χ1) is 6.16. The van der Waals surface area contributed by atoms with Crippen molar-refractivity contribution in [3.8, 4) is 0 Å². The summed E-state index contributed by atoms with van der Waals surface area (Å²) in [6.07, 6.45) is 1.80. The lowest BCUT2D eigenvalue weighted by atomic mass is 10.1. The Kier molecular flexibility index (Phi) is 1.95. The third-order valence-corrected chi connectivity index (χ3v) is 3.37. The number of fused-ring (bicyclic) bond motifs is 1. The van der Waals surface area contributed by atoms with E-state index in [1.54, 1.807) is 0 Å². The standard InChI is InChI=1S/C8H9NO3S/c10-6(11)3-4-1-2-5-7(4)13-8(12)9-5/h4H,1-3H2,(H,9,12)(H,10,11). The topological polar surface area (TPSA) is 70.2 Å². The van der Waals surface area contributed by atoms with Crippen LogP contribution in [0.5, 0.6) is 0 Å². The molecule has 1 aliphatic rings. The fraction of sp³-hybridized carbons (Fsp3) is 0.500. The number of aliphatic carboxylic acids is 1. The predicted octanol–water partition coefficient (Wildman–Crippen LogP) is 0.941. The number of carbonyl (C=O) groups is 1. The molecule has 1 aromatic heterocycles. The van der Waals surface area contributed by atoms with Crippen LogP contribution in [0.4, 0.5) is 0 Å². The fourth-order valence-electron chi connectivity index (χ4n) is 1.74. The van der Waals surface area contributed by atoms with E-state index in [9.17, 15) is 9.59 Å². The van der Waals surface area contributed by atoms with Crippen molar-refractivity contribution in [1.29, 1.82) is 0 Å². The third-order valence-electron chi connectivity index (χ3n) is 2.29. The number of rotatable bonds is 2. The highest BCUT2D eigenvalue weighted by Crippen LogP contribution is 2.35. The molecule has 0 bridgehead atoms. The Bertz CT molecular complexity index is 392. The minimum absolute atomic E-state index is 0.0523. The van der Waals surface area contributed by atoms with E-state index in [4.69, 9.17) is 5.11 Å². The fourth-order valence-corrected chi connectivity index (χ4v) is 2.76. The van der Waals surface area contributed by atoms with Crippen molar-refractivity contribution in [2.75, 3.05) is 0 Å². The van der Waals surface area contributed by atoms with Crippen LogP contribution in [0.2, 0.25) is 0 Å². The first kappa shape index (κ1) is 8.50. The van der Waals surface area contributed by atoms with Crippen molar-refractivity contribution in [2.45, 2.75) is 25.2 Å². The second kappa shape index (κ2) is 2.99. The van der Waals surface area contributed by atoms with E-state index in [0.29, 0.717) is 0 Å². The summed E-state index contributed by atoms with van der Waals surface area (Å²) in [5.41, 5.74) is 0.946. The highest BCUT2D eigenvalue weighted by Gasteiger charge is 2.27. The van der Waals surface area contributed by atoms with Crippen molar-refractivity contribution < 1.29 is 9.90 Å². The van der Waals surface area contributed by atoms with Gasteiger partial charge < -0.3 is 10.1 Å². The van der Waals surface area contributed by atoms with Gasteiger partial charge in [0, 0.05) is 16.5 Å². The summed E-state index contributed by atoms with van der Waals surface area (Å²) in [4.78, 5) is 25.1. The van der Waals surface area contributed by atoms with E-state index in [2.05, 4.69) is 4.98 Å². The highest BCUT2D eigenvalue weighted by atomic mass is 32.1. The number of aromatic nitrogens is 1. The van der Waals surface area contributed by atoms with Crippen LogP contribution in [0.25, 0.3) is 0 Å². The summed E-state index contributed by atoms with van der Waals surface area (Å²) in [6.45, 7) is 0. The van der Waals surface area contributed by atoms with Crippen LogP contribution in [-0.4, -0.2) is 16.1 Å². The molecule has 2 N–H and O–H groups in total. The Morgan fingerprint density at radius 3 is 3.15 bits per heavy atom. The molecule has 4 nitrogen and oxygen atoms in total. The Hall–Kier alpha value is -1.10. The normalized spacial score (nSPS) is 20.2. The zero-order valence-electron chi connectivity index (χ0n) is 6.87. The van der Waals surface area contributed by atoms with E-state index < -0.39 is 5.97 Å². The molecule has 0 saturated heterocycles. The molecule has 1 heterocycles. The monoisotopic (exact) mass is 199 g/mol. The summed E-state index contributed by atoms with van der Waals surface area (Å²) in [7, 11) is 0. The van der Waals surface area contributed by atoms with Gasteiger partial charge in [0.1, 0.15) is 0 Å². The maximum atomic E-state index is 11.0. The van der Waals surface area contributed by atoms with Gasteiger partial charge in [-0.2, -0.15) is 0 Å². The minimum atomic E-state index is -0.793. The van der Waals surface area contributed by atoms with Crippen LogP contribution in [-0.2, 0) is 11.2 Å². The average molecular weight is 199 g/mol. The van der Waals surface area contributed by atoms with Crippen molar-refractivity contribution in [2.24, 2.45) is 0 Å². The van der Waals surface area contributed by atoms with Crippen LogP contribution in [0.15, 0.2) is 4.79 Å². The number of nitrogens with one attached hydrogen (secondary N) is 1. The van der Waals surface area contributed by atoms with E-state index in [-0.39, 0.29) is 17.2 Å². The molecule has 0 spiro atoms. The molecule has 0 saturated carbocycles. The summed E-state index contributed by atoms with van der Waals surface area (Å²) in [6, 6.07) is 0. The van der Waals surface area contributed by atoms with Gasteiger partial charge in [-0.25, -0.2) is 0 Å². The second-order valence-electron chi connectivity index (χ2n) is 3.19. The Balaban J connectivity index is 2.27. The molecule has 0 radical (unpaired) electrons. The molecular formula is C8H9NO3S. The molecule has 0 aromatic carbocycles. The second-order valence-corrected chi connectivity index (χ2v) is 4.21. The van der Waals surface area contributed by atoms with E-state index in [1.807, 2.05) is 0 Å². The molecular weight excluding hydrogens is 190 g/mol. The quantitative estimate of drug-likeness (QED) is 0.744. The summed E-state index contributed by atoms with van der Waals surface area (Å²) >= 11 is 1.15. The van der Waals surface area contributed by atoms with Crippen molar-refractivity contribution in [3.05, 3.63) is 20.2 Å². The number of carboxylic acids is 1. The van der Waals surface area contributed by atoms with Gasteiger partial charge in [-0.3, -0.25) is 9.59 Å². The molecule has 0 amide bonds. The number of thiazole rings is 1. The SMILES string of the molecule is O=C(O)CC1CCc2[nH]c(=O)sc21. The molecule has 5 heteroatoms. The lowest BCUT2D eigenvalue weighted by Gasteiger charge is -2.03. The molecule has 0 aliphatic heterocycles. The summed E-state index contributed by atoms with van der Waals surface area (Å²) in [5.74, 6) is -0.741. The van der Waals surface area contributed by atoms with E-state index in [1.165, 1.54) is 0 Å². The van der Waals surface area contributed by atoms with Crippen molar-refractivity contribution >= 4 is 17.3 Å². The molecule has 0 fully saturated rings. The van der Waals surface area contributed by atoms with Gasteiger partial charge in [-0.1, -0.05) is 11.3 Å². The van der Waals surface area contributed by atoms with E-state index in [0.717, 1.165) is 34.7 Å². The molecule has 13 heavy (non-hydrogen) atoms. The Labute approximate surface area is 78.2 Å². The first-order valence-corrected chi connectivity index (χ1v) is 4.92. The lowest BCUT2D eigenvalue weighted by Crippen LogP contribution is -2.02. The molecule has 70 valence electrons. The molecule has 1 aromatic rings. The van der Waals surface area contributed by atoms with Gasteiger partial charge in [0.15, 0.2) is 0 Å².